The Kier molecular flexibility index (Phi) is 7.73. The molecule has 4 rings (SSSR count). The minimum Gasteiger partial charge on any atom is -0.497 e. The summed E-state index contributed by atoms with van der Waals surface area (Å²) in [5, 5.41) is 2.65. The van der Waals surface area contributed by atoms with Gasteiger partial charge < -0.3 is 24.2 Å². The molecule has 1 unspecified atom stereocenters. The van der Waals surface area contributed by atoms with Crippen molar-refractivity contribution in [2.75, 3.05) is 33.3 Å². The van der Waals surface area contributed by atoms with Crippen LogP contribution in [0.1, 0.15) is 45.7 Å². The van der Waals surface area contributed by atoms with Crippen LogP contribution in [0.25, 0.3) is 0 Å². The molecule has 0 saturated carbocycles. The van der Waals surface area contributed by atoms with Gasteiger partial charge in [0.1, 0.15) is 5.75 Å². The summed E-state index contributed by atoms with van der Waals surface area (Å²) in [5.74, 6) is 0.296. The van der Waals surface area contributed by atoms with E-state index in [0.717, 1.165) is 16.4 Å². The number of thioether (sulfide) groups is 1. The van der Waals surface area contributed by atoms with Crippen molar-refractivity contribution in [1.82, 2.24) is 14.7 Å². The molecule has 1 aromatic rings. The smallest absolute Gasteiger partial charge is 0.338 e. The summed E-state index contributed by atoms with van der Waals surface area (Å²) in [6.45, 7) is 9.07. The molecule has 9 nitrogen and oxygen atoms in total. The molecular formula is C26H32N4O5S. The van der Waals surface area contributed by atoms with Crippen molar-refractivity contribution in [2.24, 2.45) is 4.99 Å². The molecule has 0 bridgehead atoms. The number of amides is 2. The van der Waals surface area contributed by atoms with Gasteiger partial charge in [0.2, 0.25) is 11.8 Å². The Bertz CT molecular complexity index is 1130. The van der Waals surface area contributed by atoms with Crippen LogP contribution in [0, 0.1) is 0 Å². The van der Waals surface area contributed by atoms with Crippen LogP contribution in [0.15, 0.2) is 51.6 Å². The first kappa shape index (κ1) is 25.8. The van der Waals surface area contributed by atoms with Gasteiger partial charge in [-0.15, -0.1) is 0 Å². The molecule has 0 spiro atoms. The highest BCUT2D eigenvalue weighted by Gasteiger charge is 2.41. The van der Waals surface area contributed by atoms with E-state index in [-0.39, 0.29) is 24.3 Å². The quantitative estimate of drug-likeness (QED) is 0.540. The minimum atomic E-state index is -0.488. The highest BCUT2D eigenvalue weighted by atomic mass is 32.2. The van der Waals surface area contributed by atoms with Crippen LogP contribution < -0.4 is 4.74 Å². The van der Waals surface area contributed by atoms with Crippen LogP contribution in [0.3, 0.4) is 0 Å². The SMILES string of the molecule is COc1ccc(C2C(C(=O)OC(C)C)=C(C)N=C3SC=C(CC(=O)N4CCN(C(C)=O)CC4)N32)cc1. The highest BCUT2D eigenvalue weighted by Crippen LogP contribution is 2.45. The fourth-order valence-corrected chi connectivity index (χ4v) is 5.51. The summed E-state index contributed by atoms with van der Waals surface area (Å²) >= 11 is 1.44. The standard InChI is InChI=1S/C26H32N4O5S/c1-16(2)35-25(33)23-17(3)27-26-30(24(23)19-6-8-21(34-5)9-7-19)20(15-36-26)14-22(32)29-12-10-28(11-13-29)18(4)31/h6-9,15-16,24H,10-14H2,1-5H3. The van der Waals surface area contributed by atoms with Gasteiger partial charge in [-0.1, -0.05) is 23.9 Å². The highest BCUT2D eigenvalue weighted by molar-refractivity contribution is 8.16. The minimum absolute atomic E-state index is 0.0163. The van der Waals surface area contributed by atoms with E-state index in [4.69, 9.17) is 14.5 Å². The largest absolute Gasteiger partial charge is 0.497 e. The van der Waals surface area contributed by atoms with Gasteiger partial charge in [-0.05, 0) is 43.9 Å². The number of esters is 1. The second-order valence-electron chi connectivity index (χ2n) is 9.18. The van der Waals surface area contributed by atoms with Crippen molar-refractivity contribution >= 4 is 34.7 Å². The van der Waals surface area contributed by atoms with Crippen LogP contribution in [0.4, 0.5) is 0 Å². The molecule has 10 heteroatoms. The lowest BCUT2D eigenvalue weighted by Crippen LogP contribution is -2.50. The molecule has 0 N–H and O–H groups in total. The number of methoxy groups -OCH3 is 1. The summed E-state index contributed by atoms with van der Waals surface area (Å²) in [6.07, 6.45) is -0.109. The Morgan fingerprint density at radius 1 is 1.08 bits per heavy atom. The van der Waals surface area contributed by atoms with E-state index in [0.29, 0.717) is 43.2 Å². The summed E-state index contributed by atoms with van der Waals surface area (Å²) in [4.78, 5) is 48.3. The van der Waals surface area contributed by atoms with Crippen LogP contribution in [-0.4, -0.2) is 77.0 Å². The Hall–Kier alpha value is -3.27. The summed E-state index contributed by atoms with van der Waals surface area (Å²) < 4.78 is 10.9. The number of piperazine rings is 1. The Labute approximate surface area is 215 Å². The van der Waals surface area contributed by atoms with Crippen LogP contribution in [0.5, 0.6) is 5.75 Å². The van der Waals surface area contributed by atoms with Crippen molar-refractivity contribution in [1.29, 1.82) is 0 Å². The van der Waals surface area contributed by atoms with Crippen LogP contribution in [-0.2, 0) is 19.1 Å². The normalized spacial score (nSPS) is 19.7. The number of benzene rings is 1. The van der Waals surface area contributed by atoms with Gasteiger partial charge in [-0.3, -0.25) is 9.59 Å². The average Bonchev–Trinajstić information content (AvgIpc) is 3.24. The number of aliphatic imine (C=N–C) groups is 1. The van der Waals surface area contributed by atoms with Crippen molar-refractivity contribution in [3.8, 4) is 5.75 Å². The number of carbonyl (C=O) groups excluding carboxylic acids is 3. The fourth-order valence-electron chi connectivity index (χ4n) is 4.55. The third-order valence-corrected chi connectivity index (χ3v) is 7.29. The van der Waals surface area contributed by atoms with E-state index in [9.17, 15) is 14.4 Å². The molecule has 3 heterocycles. The van der Waals surface area contributed by atoms with Gasteiger partial charge in [-0.2, -0.15) is 0 Å². The maximum atomic E-state index is 13.2. The van der Waals surface area contributed by atoms with E-state index >= 15 is 0 Å². The Balaban J connectivity index is 1.62. The number of amidine groups is 1. The van der Waals surface area contributed by atoms with E-state index in [1.54, 1.807) is 23.8 Å². The van der Waals surface area contributed by atoms with Gasteiger partial charge in [0.25, 0.3) is 0 Å². The lowest BCUT2D eigenvalue weighted by molar-refractivity contribution is -0.143. The molecule has 0 aromatic heterocycles. The summed E-state index contributed by atoms with van der Waals surface area (Å²) in [7, 11) is 1.61. The predicted molar refractivity (Wildman–Crippen MR) is 138 cm³/mol. The molecule has 3 aliphatic heterocycles. The van der Waals surface area contributed by atoms with Gasteiger partial charge in [0.05, 0.1) is 36.9 Å². The first-order valence-corrected chi connectivity index (χ1v) is 12.9. The topological polar surface area (TPSA) is 91.7 Å². The zero-order valence-electron chi connectivity index (χ0n) is 21.3. The van der Waals surface area contributed by atoms with Gasteiger partial charge in [0.15, 0.2) is 5.17 Å². The number of allylic oxidation sites excluding steroid dienone is 1. The molecule has 192 valence electrons. The van der Waals surface area contributed by atoms with Crippen LogP contribution >= 0.6 is 11.8 Å². The average molecular weight is 513 g/mol. The third kappa shape index (κ3) is 5.28. The van der Waals surface area contributed by atoms with E-state index in [1.165, 1.54) is 11.8 Å². The van der Waals surface area contributed by atoms with Crippen molar-refractivity contribution in [3.05, 3.63) is 52.2 Å². The maximum absolute atomic E-state index is 13.2. The second-order valence-corrected chi connectivity index (χ2v) is 10.0. The predicted octanol–water partition coefficient (Wildman–Crippen LogP) is 3.30. The lowest BCUT2D eigenvalue weighted by atomic mass is 9.93. The summed E-state index contributed by atoms with van der Waals surface area (Å²) in [6, 6.07) is 7.07. The molecule has 0 radical (unpaired) electrons. The van der Waals surface area contributed by atoms with Gasteiger partial charge in [-0.25, -0.2) is 9.79 Å². The van der Waals surface area contributed by atoms with Crippen molar-refractivity contribution < 1.29 is 23.9 Å². The van der Waals surface area contributed by atoms with Gasteiger partial charge >= 0.3 is 5.97 Å². The molecule has 0 aliphatic carbocycles. The molecule has 1 fully saturated rings. The first-order chi connectivity index (χ1) is 17.2. The first-order valence-electron chi connectivity index (χ1n) is 12.0. The van der Waals surface area contributed by atoms with Crippen LogP contribution in [0.2, 0.25) is 0 Å². The molecule has 36 heavy (non-hydrogen) atoms. The summed E-state index contributed by atoms with van der Waals surface area (Å²) in [5.41, 5.74) is 2.70. The van der Waals surface area contributed by atoms with Crippen molar-refractivity contribution in [2.45, 2.75) is 46.3 Å². The van der Waals surface area contributed by atoms with Crippen molar-refractivity contribution in [3.63, 3.8) is 0 Å². The Morgan fingerprint density at radius 3 is 2.31 bits per heavy atom. The third-order valence-electron chi connectivity index (χ3n) is 6.40. The molecule has 2 amide bonds. The monoisotopic (exact) mass is 512 g/mol. The molecule has 1 atom stereocenters. The zero-order valence-corrected chi connectivity index (χ0v) is 22.1. The molecule has 1 saturated heterocycles. The molecule has 3 aliphatic rings. The fraction of sp³-hybridized carbons (Fsp3) is 0.462. The number of rotatable bonds is 6. The van der Waals surface area contributed by atoms with Gasteiger partial charge in [0, 0.05) is 38.8 Å². The number of fused-ring (bicyclic) bond motifs is 1. The number of nitrogens with zero attached hydrogens (tertiary/aromatic N) is 4. The van der Waals surface area contributed by atoms with E-state index in [1.807, 2.05) is 55.3 Å². The number of hydrogen-bond donors (Lipinski definition) is 0. The zero-order chi connectivity index (χ0) is 26.0. The molecular weight excluding hydrogens is 480 g/mol. The van der Waals surface area contributed by atoms with E-state index < -0.39 is 12.0 Å². The Morgan fingerprint density at radius 2 is 1.72 bits per heavy atom. The lowest BCUT2D eigenvalue weighted by Gasteiger charge is -2.38. The number of ether oxygens (including phenoxy) is 2. The maximum Gasteiger partial charge on any atom is 0.338 e. The second kappa shape index (κ2) is 10.8. The molecule has 1 aromatic carbocycles. The van der Waals surface area contributed by atoms with E-state index in [2.05, 4.69) is 0 Å². The number of carbonyl (C=O) groups is 3. The number of hydrogen-bond acceptors (Lipinski definition) is 8.